The van der Waals surface area contributed by atoms with Crippen LogP contribution < -0.4 is 5.56 Å². The van der Waals surface area contributed by atoms with Crippen LogP contribution in [0.25, 0.3) is 22.1 Å². The van der Waals surface area contributed by atoms with E-state index >= 15 is 0 Å². The van der Waals surface area contributed by atoms with Crippen molar-refractivity contribution in [3.05, 3.63) is 50.6 Å². The summed E-state index contributed by atoms with van der Waals surface area (Å²) in [6, 6.07) is 6.33. The van der Waals surface area contributed by atoms with Gasteiger partial charge in [-0.2, -0.15) is 0 Å². The van der Waals surface area contributed by atoms with E-state index in [4.69, 9.17) is 9.40 Å². The molecule has 2 aromatic heterocycles. The molecule has 2 aliphatic heterocycles. The monoisotopic (exact) mass is 540 g/mol. The second-order valence-corrected chi connectivity index (χ2v) is 8.70. The van der Waals surface area contributed by atoms with Crippen molar-refractivity contribution in [3.8, 4) is 0 Å². The van der Waals surface area contributed by atoms with Crippen LogP contribution in [0.5, 0.6) is 0 Å². The number of nitrogens with zero attached hydrogens (tertiary/aromatic N) is 3. The Labute approximate surface area is 177 Å². The Morgan fingerprint density at radius 1 is 1.41 bits per heavy atom. The Morgan fingerprint density at radius 3 is 3.15 bits per heavy atom. The summed E-state index contributed by atoms with van der Waals surface area (Å²) < 4.78 is 7.68. The van der Waals surface area contributed by atoms with Gasteiger partial charge in [-0.25, -0.2) is 4.98 Å². The summed E-state index contributed by atoms with van der Waals surface area (Å²) in [5.41, 5.74) is 2.79. The quantitative estimate of drug-likeness (QED) is 0.309. The van der Waals surface area contributed by atoms with Gasteiger partial charge in [0.25, 0.3) is 5.56 Å². The van der Waals surface area contributed by atoms with E-state index in [2.05, 4.69) is 59.4 Å². The molecule has 1 atom stereocenters. The number of aromatic amines is 1. The molecule has 2 bridgehead atoms. The number of hydrogen-bond acceptors (Lipinski definition) is 5. The van der Waals surface area contributed by atoms with Crippen molar-refractivity contribution in [1.29, 1.82) is 0 Å². The Bertz CT molecular complexity index is 1120. The van der Waals surface area contributed by atoms with Crippen molar-refractivity contribution in [2.75, 3.05) is 17.6 Å². The Balaban J connectivity index is 1.49. The highest BCUT2D eigenvalue weighted by atomic mass is 127. The first-order chi connectivity index (χ1) is 13.1. The Morgan fingerprint density at radius 2 is 2.30 bits per heavy atom. The lowest BCUT2D eigenvalue weighted by atomic mass is 10.1. The van der Waals surface area contributed by atoms with Crippen LogP contribution >= 0.6 is 38.5 Å². The number of benzene rings is 1. The van der Waals surface area contributed by atoms with Crippen LogP contribution in [0.15, 0.2) is 43.7 Å². The first kappa shape index (κ1) is 17.7. The minimum Gasteiger partial charge on any atom is -0.449 e. The average Bonchev–Trinajstić information content (AvgIpc) is 3.14. The van der Waals surface area contributed by atoms with E-state index in [-0.39, 0.29) is 5.56 Å². The molecule has 0 saturated carbocycles. The van der Waals surface area contributed by atoms with Crippen LogP contribution in [0.3, 0.4) is 0 Å². The molecule has 1 saturated heterocycles. The number of furan rings is 1. The molecule has 0 radical (unpaired) electrons. The third-order valence-corrected chi connectivity index (χ3v) is 6.66. The van der Waals surface area contributed by atoms with Crippen LogP contribution in [-0.2, 0) is 6.54 Å². The van der Waals surface area contributed by atoms with Crippen LogP contribution in [0, 0.1) is 0 Å². The second-order valence-electron chi connectivity index (χ2n) is 7.11. The average molecular weight is 541 g/mol. The molecule has 3 aromatic rings. The molecule has 1 N–H and O–H groups in total. The molecule has 5 rings (SSSR count). The van der Waals surface area contributed by atoms with Gasteiger partial charge in [-0.05, 0) is 31.0 Å². The molecule has 0 aliphatic carbocycles. The number of rotatable bonds is 3. The van der Waals surface area contributed by atoms with Crippen LogP contribution in [0.2, 0.25) is 0 Å². The summed E-state index contributed by atoms with van der Waals surface area (Å²) in [6.07, 6.45) is 4.65. The zero-order valence-electron chi connectivity index (χ0n) is 14.5. The fraction of sp³-hybridized carbons (Fsp3) is 0.368. The highest BCUT2D eigenvalue weighted by Crippen LogP contribution is 2.30. The topological polar surface area (TPSA) is 65.4 Å². The van der Waals surface area contributed by atoms with Crippen molar-refractivity contribution in [3.63, 3.8) is 0 Å². The van der Waals surface area contributed by atoms with Gasteiger partial charge in [-0.15, -0.1) is 0 Å². The number of H-pyrrole nitrogens is 1. The van der Waals surface area contributed by atoms with Crippen LogP contribution in [0.1, 0.15) is 18.7 Å². The molecule has 8 heteroatoms. The van der Waals surface area contributed by atoms with Gasteiger partial charge in [0, 0.05) is 34.7 Å². The molecule has 2 aliphatic rings. The zero-order valence-corrected chi connectivity index (χ0v) is 18.3. The fourth-order valence-corrected chi connectivity index (χ4v) is 5.44. The molecule has 27 heavy (non-hydrogen) atoms. The molecular formula is C19H18BrIN4O2. The van der Waals surface area contributed by atoms with Gasteiger partial charge in [0.2, 0.25) is 5.58 Å². The van der Waals surface area contributed by atoms with Crippen molar-refractivity contribution >= 4 is 60.6 Å². The third kappa shape index (κ3) is 3.11. The molecular weight excluding hydrogens is 523 g/mol. The largest absolute Gasteiger partial charge is 0.449 e. The van der Waals surface area contributed by atoms with Crippen molar-refractivity contribution in [2.24, 2.45) is 0 Å². The molecule has 4 heterocycles. The smallest absolute Gasteiger partial charge is 0.294 e. The maximum absolute atomic E-state index is 12.5. The van der Waals surface area contributed by atoms with Crippen LogP contribution in [-0.4, -0.2) is 43.5 Å². The van der Waals surface area contributed by atoms with Crippen molar-refractivity contribution in [2.45, 2.75) is 25.4 Å². The first-order valence-corrected chi connectivity index (χ1v) is 11.3. The number of nitrogens with one attached hydrogen (secondary N) is 1. The predicted molar refractivity (Wildman–Crippen MR) is 117 cm³/mol. The first-order valence-electron chi connectivity index (χ1n) is 8.97. The number of aromatic nitrogens is 2. The van der Waals surface area contributed by atoms with Crippen molar-refractivity contribution in [1.82, 2.24) is 19.8 Å². The van der Waals surface area contributed by atoms with E-state index in [1.54, 1.807) is 0 Å². The molecule has 0 spiro atoms. The van der Waals surface area contributed by atoms with E-state index in [1.807, 2.05) is 18.2 Å². The fourth-order valence-electron chi connectivity index (χ4n) is 4.09. The summed E-state index contributed by atoms with van der Waals surface area (Å²) in [5, 5.41) is 0.862. The maximum Gasteiger partial charge on any atom is 0.294 e. The molecule has 1 unspecified atom stereocenters. The second kappa shape index (κ2) is 6.89. The molecule has 1 aromatic carbocycles. The Kier molecular flexibility index (Phi) is 4.52. The number of hydrogen-bond donors (Lipinski definition) is 1. The van der Waals surface area contributed by atoms with Crippen molar-refractivity contribution < 1.29 is 4.42 Å². The number of halogens is 2. The molecule has 0 amide bonds. The number of fused-ring (bicyclic) bond motifs is 5. The third-order valence-electron chi connectivity index (χ3n) is 5.44. The van der Waals surface area contributed by atoms with E-state index < -0.39 is 0 Å². The SMILES string of the molecule is O=c1[nH]c(CN2CCC3CC=C(C2)N3CI)nc2c1oc1ccc(Br)cc12. The van der Waals surface area contributed by atoms with Gasteiger partial charge < -0.3 is 14.3 Å². The normalized spacial score (nSPS) is 20.4. The predicted octanol–water partition coefficient (Wildman–Crippen LogP) is 3.99. The van der Waals surface area contributed by atoms with Gasteiger partial charge in [0.1, 0.15) is 16.9 Å². The van der Waals surface area contributed by atoms with Gasteiger partial charge in [-0.3, -0.25) is 9.69 Å². The molecule has 6 nitrogen and oxygen atoms in total. The number of alkyl halides is 1. The lowest BCUT2D eigenvalue weighted by molar-refractivity contribution is 0.280. The maximum atomic E-state index is 12.5. The lowest BCUT2D eigenvalue weighted by Crippen LogP contribution is -2.29. The Hall–Kier alpha value is -1.39. The standard InChI is InChI=1S/C19H18BrIN4O2/c20-11-1-4-15-14(7-11)17-18(27-15)19(26)23-16(22-17)9-24-6-5-12-2-3-13(8-24)25(12)10-21/h1,3-4,7,12H,2,5-6,8-10H2,(H,22,23,26). The lowest BCUT2D eigenvalue weighted by Gasteiger charge is -2.25. The molecule has 1 fully saturated rings. The van der Waals surface area contributed by atoms with Gasteiger partial charge in [0.05, 0.1) is 11.1 Å². The van der Waals surface area contributed by atoms with E-state index in [9.17, 15) is 4.79 Å². The summed E-state index contributed by atoms with van der Waals surface area (Å²) in [7, 11) is 0. The van der Waals surface area contributed by atoms with Crippen LogP contribution in [0.4, 0.5) is 0 Å². The zero-order chi connectivity index (χ0) is 18.5. The highest BCUT2D eigenvalue weighted by molar-refractivity contribution is 14.1. The summed E-state index contributed by atoms with van der Waals surface area (Å²) in [4.78, 5) is 25.1. The summed E-state index contributed by atoms with van der Waals surface area (Å²) in [5.74, 6) is 0.689. The minimum atomic E-state index is -0.216. The van der Waals surface area contributed by atoms with E-state index in [0.29, 0.717) is 35.1 Å². The van der Waals surface area contributed by atoms with E-state index in [0.717, 1.165) is 40.3 Å². The van der Waals surface area contributed by atoms with Gasteiger partial charge >= 0.3 is 0 Å². The van der Waals surface area contributed by atoms with E-state index in [1.165, 1.54) is 5.70 Å². The summed E-state index contributed by atoms with van der Waals surface area (Å²) in [6.45, 7) is 2.54. The van der Waals surface area contributed by atoms with Gasteiger partial charge in [0.15, 0.2) is 0 Å². The highest BCUT2D eigenvalue weighted by Gasteiger charge is 2.30. The molecule has 140 valence electrons. The van der Waals surface area contributed by atoms with Gasteiger partial charge in [-0.1, -0.05) is 44.6 Å². The summed E-state index contributed by atoms with van der Waals surface area (Å²) >= 11 is 5.93. The minimum absolute atomic E-state index is 0.216.